The van der Waals surface area contributed by atoms with E-state index in [4.69, 9.17) is 0 Å². The maximum Gasteiger partial charge on any atom is 0.321 e. The molecule has 0 aliphatic heterocycles. The van der Waals surface area contributed by atoms with Gasteiger partial charge in [0.1, 0.15) is 0 Å². The third kappa shape index (κ3) is 2.59. The summed E-state index contributed by atoms with van der Waals surface area (Å²) in [6.07, 6.45) is 0. The minimum atomic E-state index is -0.617. The number of carbonyl (C=O) groups is 2. The molecule has 0 atom stereocenters. The fourth-order valence-electron chi connectivity index (χ4n) is 0.809. The van der Waals surface area contributed by atoms with E-state index in [0.29, 0.717) is 5.56 Å². The van der Waals surface area contributed by atoms with Crippen LogP contribution in [0.3, 0.4) is 0 Å². The molecule has 67 valence electrons. The number of hydrogen-bond donors (Lipinski definition) is 2. The summed E-state index contributed by atoms with van der Waals surface area (Å²) in [6, 6.07) is 7.85. The lowest BCUT2D eigenvalue weighted by Crippen LogP contribution is -2.36. The summed E-state index contributed by atoms with van der Waals surface area (Å²) in [4.78, 5) is 21.9. The van der Waals surface area contributed by atoms with Crippen LogP contribution in [0.4, 0.5) is 4.79 Å². The smallest absolute Gasteiger partial charge is 0.321 e. The Morgan fingerprint density at radius 1 is 1.15 bits per heavy atom. The van der Waals surface area contributed by atoms with Gasteiger partial charge in [0.15, 0.2) is 0 Å². The molecule has 0 aliphatic rings. The standard InChI is InChI=1S/C9H9N2O2/c1-10-9(13)11-8(12)7-5-3-2-4-6-7/h2-6H,1H2,(H2,10,11,12,13). The summed E-state index contributed by atoms with van der Waals surface area (Å²) in [5, 5.41) is 4.14. The summed E-state index contributed by atoms with van der Waals surface area (Å²) >= 11 is 0. The van der Waals surface area contributed by atoms with Gasteiger partial charge in [-0.2, -0.15) is 0 Å². The number of carbonyl (C=O) groups excluding carboxylic acids is 2. The fourth-order valence-corrected chi connectivity index (χ4v) is 0.809. The molecule has 0 saturated carbocycles. The molecule has 0 fully saturated rings. The predicted octanol–water partition coefficient (Wildman–Crippen LogP) is 0.918. The van der Waals surface area contributed by atoms with E-state index < -0.39 is 11.9 Å². The van der Waals surface area contributed by atoms with Crippen LogP contribution in [0.25, 0.3) is 0 Å². The summed E-state index contributed by atoms with van der Waals surface area (Å²) in [5.74, 6) is -0.443. The van der Waals surface area contributed by atoms with Crippen molar-refractivity contribution >= 4 is 11.9 Å². The Kier molecular flexibility index (Phi) is 3.03. The van der Waals surface area contributed by atoms with Crippen molar-refractivity contribution in [3.05, 3.63) is 42.9 Å². The van der Waals surface area contributed by atoms with E-state index in [0.717, 1.165) is 0 Å². The van der Waals surface area contributed by atoms with Crippen LogP contribution in [0.1, 0.15) is 10.4 Å². The van der Waals surface area contributed by atoms with E-state index in [1.807, 2.05) is 5.32 Å². The number of nitrogens with one attached hydrogen (secondary N) is 2. The molecular weight excluding hydrogens is 168 g/mol. The highest BCUT2D eigenvalue weighted by Gasteiger charge is 2.06. The zero-order valence-electron chi connectivity index (χ0n) is 6.91. The molecule has 1 rings (SSSR count). The van der Waals surface area contributed by atoms with E-state index in [9.17, 15) is 9.59 Å². The highest BCUT2D eigenvalue weighted by atomic mass is 16.2. The first-order valence-electron chi connectivity index (χ1n) is 3.67. The first-order chi connectivity index (χ1) is 6.24. The second-order valence-corrected chi connectivity index (χ2v) is 2.33. The van der Waals surface area contributed by atoms with Gasteiger partial charge in [0, 0.05) is 12.6 Å². The molecule has 0 unspecified atom stereocenters. The van der Waals surface area contributed by atoms with E-state index in [1.54, 1.807) is 30.3 Å². The van der Waals surface area contributed by atoms with Crippen molar-refractivity contribution in [2.75, 3.05) is 0 Å². The van der Waals surface area contributed by atoms with Crippen molar-refractivity contribution < 1.29 is 9.59 Å². The Balaban J connectivity index is 2.65. The van der Waals surface area contributed by atoms with Crippen molar-refractivity contribution in [1.82, 2.24) is 10.6 Å². The quantitative estimate of drug-likeness (QED) is 0.670. The highest BCUT2D eigenvalue weighted by molar-refractivity contribution is 6.04. The second kappa shape index (κ2) is 4.25. The molecule has 0 aromatic heterocycles. The Labute approximate surface area is 75.9 Å². The van der Waals surface area contributed by atoms with Crippen molar-refractivity contribution in [3.63, 3.8) is 0 Å². The van der Waals surface area contributed by atoms with Crippen LogP contribution < -0.4 is 10.6 Å². The minimum Gasteiger partial charge on any atom is -0.336 e. The molecule has 2 N–H and O–H groups in total. The first kappa shape index (κ1) is 9.25. The Hall–Kier alpha value is -1.84. The molecule has 4 heteroatoms. The lowest BCUT2D eigenvalue weighted by molar-refractivity contribution is 0.0965. The number of hydrogen-bond acceptors (Lipinski definition) is 2. The van der Waals surface area contributed by atoms with E-state index in [-0.39, 0.29) is 0 Å². The van der Waals surface area contributed by atoms with Crippen LogP contribution in [0.5, 0.6) is 0 Å². The van der Waals surface area contributed by atoms with Gasteiger partial charge >= 0.3 is 6.03 Å². The van der Waals surface area contributed by atoms with E-state index in [2.05, 4.69) is 12.4 Å². The Bertz CT molecular complexity index is 309. The van der Waals surface area contributed by atoms with Gasteiger partial charge in [-0.25, -0.2) is 4.79 Å². The lowest BCUT2D eigenvalue weighted by atomic mass is 10.2. The molecule has 0 aliphatic carbocycles. The molecule has 0 saturated heterocycles. The van der Waals surface area contributed by atoms with E-state index >= 15 is 0 Å². The largest absolute Gasteiger partial charge is 0.336 e. The number of amides is 3. The lowest BCUT2D eigenvalue weighted by Gasteiger charge is -2.01. The summed E-state index contributed by atoms with van der Waals surface area (Å²) in [7, 11) is 3.12. The van der Waals surface area contributed by atoms with Crippen molar-refractivity contribution in [1.29, 1.82) is 0 Å². The fraction of sp³-hybridized carbons (Fsp3) is 0. The van der Waals surface area contributed by atoms with Gasteiger partial charge in [-0.1, -0.05) is 18.2 Å². The van der Waals surface area contributed by atoms with Crippen LogP contribution in [0.15, 0.2) is 30.3 Å². The minimum absolute atomic E-state index is 0.436. The number of rotatable bonds is 1. The van der Waals surface area contributed by atoms with E-state index in [1.165, 1.54) is 0 Å². The second-order valence-electron chi connectivity index (χ2n) is 2.33. The molecule has 1 aromatic carbocycles. The third-order valence-corrected chi connectivity index (χ3v) is 1.42. The third-order valence-electron chi connectivity index (χ3n) is 1.42. The van der Waals surface area contributed by atoms with Crippen molar-refractivity contribution in [3.8, 4) is 0 Å². The topological polar surface area (TPSA) is 58.2 Å². The monoisotopic (exact) mass is 177 g/mol. The SMILES string of the molecule is [CH2]NC(=O)NC(=O)c1ccccc1. The molecule has 0 spiro atoms. The van der Waals surface area contributed by atoms with Gasteiger partial charge in [0.05, 0.1) is 0 Å². The molecule has 4 nitrogen and oxygen atoms in total. The Morgan fingerprint density at radius 3 is 2.31 bits per heavy atom. The van der Waals surface area contributed by atoms with Gasteiger partial charge in [0.25, 0.3) is 5.91 Å². The molecular formula is C9H9N2O2. The zero-order valence-corrected chi connectivity index (χ0v) is 6.91. The van der Waals surface area contributed by atoms with Gasteiger partial charge in [0.2, 0.25) is 0 Å². The van der Waals surface area contributed by atoms with Gasteiger partial charge in [-0.3, -0.25) is 10.1 Å². The van der Waals surface area contributed by atoms with Crippen LogP contribution >= 0.6 is 0 Å². The first-order valence-corrected chi connectivity index (χ1v) is 3.67. The number of benzene rings is 1. The van der Waals surface area contributed by atoms with Gasteiger partial charge < -0.3 is 5.32 Å². The van der Waals surface area contributed by atoms with Gasteiger partial charge in [-0.15, -0.1) is 0 Å². The van der Waals surface area contributed by atoms with Gasteiger partial charge in [-0.05, 0) is 12.1 Å². The maximum atomic E-state index is 11.2. The van der Waals surface area contributed by atoms with Crippen LogP contribution in [0.2, 0.25) is 0 Å². The highest BCUT2D eigenvalue weighted by Crippen LogP contribution is 1.97. The van der Waals surface area contributed by atoms with Crippen LogP contribution in [-0.2, 0) is 0 Å². The molecule has 0 bridgehead atoms. The zero-order chi connectivity index (χ0) is 9.68. The molecule has 1 aromatic rings. The average Bonchev–Trinajstić information content (AvgIpc) is 2.19. The maximum absolute atomic E-state index is 11.2. The molecule has 0 heterocycles. The van der Waals surface area contributed by atoms with Crippen LogP contribution in [0, 0.1) is 7.05 Å². The normalized spacial score (nSPS) is 9.00. The average molecular weight is 177 g/mol. The summed E-state index contributed by atoms with van der Waals surface area (Å²) < 4.78 is 0. The van der Waals surface area contributed by atoms with Crippen molar-refractivity contribution in [2.45, 2.75) is 0 Å². The molecule has 3 amide bonds. The Morgan fingerprint density at radius 2 is 1.77 bits per heavy atom. The molecule has 1 radical (unpaired) electrons. The number of urea groups is 1. The predicted molar refractivity (Wildman–Crippen MR) is 47.8 cm³/mol. The summed E-state index contributed by atoms with van der Waals surface area (Å²) in [6.45, 7) is 0. The van der Waals surface area contributed by atoms with Crippen LogP contribution in [-0.4, -0.2) is 11.9 Å². The summed E-state index contributed by atoms with van der Waals surface area (Å²) in [5.41, 5.74) is 0.436. The van der Waals surface area contributed by atoms with Crippen molar-refractivity contribution in [2.24, 2.45) is 0 Å². The number of imide groups is 1. The molecule has 13 heavy (non-hydrogen) atoms.